The lowest BCUT2D eigenvalue weighted by molar-refractivity contribution is -0.159. The molecule has 0 amide bonds. The van der Waals surface area contributed by atoms with Crippen LogP contribution in [0.2, 0.25) is 0 Å². The maximum absolute atomic E-state index is 11.6. The standard InChI is InChI=1S/C14H16O3/c1-13(2,3)14(12(15)16)9-8-10-6-4-5-7-11(10)17-14/h4-9H,1-3H3,(H,15,16). The molecule has 0 radical (unpaired) electrons. The topological polar surface area (TPSA) is 46.5 Å². The quantitative estimate of drug-likeness (QED) is 0.809. The highest BCUT2D eigenvalue weighted by atomic mass is 16.5. The van der Waals surface area contributed by atoms with Gasteiger partial charge in [-0.25, -0.2) is 4.79 Å². The molecular formula is C14H16O3. The van der Waals surface area contributed by atoms with Crippen LogP contribution < -0.4 is 4.74 Å². The smallest absolute Gasteiger partial charge is 0.352 e. The largest absolute Gasteiger partial charge is 0.478 e. The minimum atomic E-state index is -1.30. The summed E-state index contributed by atoms with van der Waals surface area (Å²) < 4.78 is 5.76. The van der Waals surface area contributed by atoms with Crippen LogP contribution >= 0.6 is 0 Å². The number of para-hydroxylation sites is 1. The van der Waals surface area contributed by atoms with E-state index in [4.69, 9.17) is 4.74 Å². The summed E-state index contributed by atoms with van der Waals surface area (Å²) in [5, 5.41) is 9.47. The zero-order valence-corrected chi connectivity index (χ0v) is 10.2. The highest BCUT2D eigenvalue weighted by Gasteiger charge is 2.50. The molecule has 0 saturated heterocycles. The summed E-state index contributed by atoms with van der Waals surface area (Å²) in [5.41, 5.74) is -0.918. The Labute approximate surface area is 101 Å². The van der Waals surface area contributed by atoms with Crippen molar-refractivity contribution in [2.24, 2.45) is 5.41 Å². The van der Waals surface area contributed by atoms with Crippen molar-refractivity contribution in [3.63, 3.8) is 0 Å². The Kier molecular flexibility index (Phi) is 2.49. The van der Waals surface area contributed by atoms with Crippen LogP contribution in [0.5, 0.6) is 5.75 Å². The molecule has 3 nitrogen and oxygen atoms in total. The first-order chi connectivity index (χ1) is 7.87. The van der Waals surface area contributed by atoms with Crippen LogP contribution in [0.25, 0.3) is 6.08 Å². The summed E-state index contributed by atoms with van der Waals surface area (Å²) in [5.74, 6) is -0.344. The van der Waals surface area contributed by atoms with Gasteiger partial charge in [-0.05, 0) is 12.1 Å². The Balaban J connectivity index is 2.53. The predicted octanol–water partition coefficient (Wildman–Crippen LogP) is 2.96. The van der Waals surface area contributed by atoms with Gasteiger partial charge in [-0.2, -0.15) is 0 Å². The van der Waals surface area contributed by atoms with E-state index in [1.54, 1.807) is 12.1 Å². The molecule has 17 heavy (non-hydrogen) atoms. The van der Waals surface area contributed by atoms with Crippen LogP contribution in [0.15, 0.2) is 30.3 Å². The fourth-order valence-electron chi connectivity index (χ4n) is 1.96. The Morgan fingerprint density at radius 1 is 1.29 bits per heavy atom. The fourth-order valence-corrected chi connectivity index (χ4v) is 1.96. The van der Waals surface area contributed by atoms with E-state index in [0.717, 1.165) is 5.56 Å². The summed E-state index contributed by atoms with van der Waals surface area (Å²) in [6, 6.07) is 7.44. The second kappa shape index (κ2) is 3.62. The first kappa shape index (κ1) is 11.7. The molecule has 1 aromatic rings. The molecule has 1 aromatic carbocycles. The molecule has 0 aliphatic carbocycles. The molecule has 1 aliphatic heterocycles. The number of benzene rings is 1. The minimum absolute atomic E-state index is 0.525. The van der Waals surface area contributed by atoms with Crippen molar-refractivity contribution in [2.75, 3.05) is 0 Å². The lowest BCUT2D eigenvalue weighted by Gasteiger charge is -2.40. The summed E-state index contributed by atoms with van der Waals surface area (Å²) in [6.07, 6.45) is 3.45. The average Bonchev–Trinajstić information content (AvgIpc) is 2.26. The number of carbonyl (C=O) groups is 1. The lowest BCUT2D eigenvalue weighted by atomic mass is 9.75. The van der Waals surface area contributed by atoms with Gasteiger partial charge in [0.25, 0.3) is 0 Å². The van der Waals surface area contributed by atoms with E-state index in [1.165, 1.54) is 0 Å². The van der Waals surface area contributed by atoms with Crippen molar-refractivity contribution in [3.05, 3.63) is 35.9 Å². The van der Waals surface area contributed by atoms with Crippen molar-refractivity contribution < 1.29 is 14.6 Å². The number of aliphatic carboxylic acids is 1. The van der Waals surface area contributed by atoms with Gasteiger partial charge in [0.15, 0.2) is 0 Å². The zero-order valence-electron chi connectivity index (χ0n) is 10.2. The zero-order chi connectivity index (χ0) is 12.7. The second-order valence-corrected chi connectivity index (χ2v) is 5.26. The Bertz CT molecular complexity index is 482. The third kappa shape index (κ3) is 1.71. The van der Waals surface area contributed by atoms with Crippen LogP contribution in [0.1, 0.15) is 26.3 Å². The Morgan fingerprint density at radius 3 is 2.53 bits per heavy atom. The van der Waals surface area contributed by atoms with Crippen LogP contribution in [-0.2, 0) is 4.79 Å². The average molecular weight is 232 g/mol. The Hall–Kier alpha value is -1.77. The summed E-state index contributed by atoms with van der Waals surface area (Å²) in [6.45, 7) is 5.58. The van der Waals surface area contributed by atoms with Crippen molar-refractivity contribution in [1.82, 2.24) is 0 Å². The first-order valence-corrected chi connectivity index (χ1v) is 5.57. The molecule has 0 saturated carbocycles. The number of fused-ring (bicyclic) bond motifs is 1. The molecule has 1 aliphatic rings. The highest BCUT2D eigenvalue weighted by Crippen LogP contribution is 2.41. The maximum atomic E-state index is 11.6. The van der Waals surface area contributed by atoms with Gasteiger partial charge in [-0.15, -0.1) is 0 Å². The van der Waals surface area contributed by atoms with Gasteiger partial charge >= 0.3 is 5.97 Å². The van der Waals surface area contributed by atoms with Gasteiger partial charge in [0.05, 0.1) is 0 Å². The van der Waals surface area contributed by atoms with Gasteiger partial charge < -0.3 is 9.84 Å². The molecule has 2 rings (SSSR count). The van der Waals surface area contributed by atoms with Crippen molar-refractivity contribution >= 4 is 12.0 Å². The number of hydrogen-bond acceptors (Lipinski definition) is 2. The third-order valence-corrected chi connectivity index (χ3v) is 3.12. The molecule has 1 heterocycles. The molecule has 1 atom stereocenters. The summed E-state index contributed by atoms with van der Waals surface area (Å²) >= 11 is 0. The molecule has 0 bridgehead atoms. The minimum Gasteiger partial charge on any atom is -0.478 e. The molecule has 1 unspecified atom stereocenters. The molecule has 0 spiro atoms. The third-order valence-electron chi connectivity index (χ3n) is 3.12. The molecule has 90 valence electrons. The van der Waals surface area contributed by atoms with E-state index >= 15 is 0 Å². The van der Waals surface area contributed by atoms with Crippen molar-refractivity contribution in [3.8, 4) is 5.75 Å². The fraction of sp³-hybridized carbons (Fsp3) is 0.357. The van der Waals surface area contributed by atoms with Gasteiger partial charge in [-0.1, -0.05) is 45.0 Å². The number of carboxylic acid groups (broad SMARTS) is 1. The highest BCUT2D eigenvalue weighted by molar-refractivity contribution is 5.85. The number of rotatable bonds is 1. The van der Waals surface area contributed by atoms with E-state index in [0.29, 0.717) is 5.75 Å². The molecule has 0 aromatic heterocycles. The van der Waals surface area contributed by atoms with Crippen molar-refractivity contribution in [2.45, 2.75) is 26.4 Å². The first-order valence-electron chi connectivity index (χ1n) is 5.57. The van der Waals surface area contributed by atoms with Gasteiger partial charge in [-0.3, -0.25) is 0 Å². The summed E-state index contributed by atoms with van der Waals surface area (Å²) in [4.78, 5) is 11.6. The molecular weight excluding hydrogens is 216 g/mol. The van der Waals surface area contributed by atoms with Crippen LogP contribution in [0, 0.1) is 5.41 Å². The number of ether oxygens (including phenoxy) is 1. The lowest BCUT2D eigenvalue weighted by Crippen LogP contribution is -2.54. The maximum Gasteiger partial charge on any atom is 0.352 e. The van der Waals surface area contributed by atoms with Gasteiger partial charge in [0, 0.05) is 11.0 Å². The van der Waals surface area contributed by atoms with Gasteiger partial charge in [0.2, 0.25) is 5.60 Å². The number of carboxylic acids is 1. The molecule has 1 N–H and O–H groups in total. The SMILES string of the molecule is CC(C)(C)C1(C(=O)O)C=Cc2ccccc2O1. The van der Waals surface area contributed by atoms with E-state index in [-0.39, 0.29) is 0 Å². The van der Waals surface area contributed by atoms with Crippen LogP contribution in [-0.4, -0.2) is 16.7 Å². The van der Waals surface area contributed by atoms with Crippen LogP contribution in [0.3, 0.4) is 0 Å². The number of hydrogen-bond donors (Lipinski definition) is 1. The second-order valence-electron chi connectivity index (χ2n) is 5.26. The van der Waals surface area contributed by atoms with E-state index in [1.807, 2.05) is 45.0 Å². The Morgan fingerprint density at radius 2 is 1.94 bits per heavy atom. The summed E-state index contributed by atoms with van der Waals surface area (Å²) in [7, 11) is 0. The predicted molar refractivity (Wildman–Crippen MR) is 65.9 cm³/mol. The van der Waals surface area contributed by atoms with E-state index in [9.17, 15) is 9.90 Å². The molecule has 0 fully saturated rings. The van der Waals surface area contributed by atoms with Crippen molar-refractivity contribution in [1.29, 1.82) is 0 Å². The van der Waals surface area contributed by atoms with Crippen LogP contribution in [0.4, 0.5) is 0 Å². The van der Waals surface area contributed by atoms with Gasteiger partial charge in [0.1, 0.15) is 5.75 Å². The molecule has 3 heteroatoms. The monoisotopic (exact) mass is 232 g/mol. The van der Waals surface area contributed by atoms with E-state index in [2.05, 4.69) is 0 Å². The normalized spacial score (nSPS) is 22.8. The van der Waals surface area contributed by atoms with E-state index < -0.39 is 17.0 Å².